The van der Waals surface area contributed by atoms with E-state index in [2.05, 4.69) is 22.4 Å². The molecule has 2 aromatic rings. The first-order valence-electron chi connectivity index (χ1n) is 5.66. The van der Waals surface area contributed by atoms with Crippen molar-refractivity contribution >= 4 is 28.0 Å². The average Bonchev–Trinajstić information content (AvgIpc) is 2.28. The van der Waals surface area contributed by atoms with Gasteiger partial charge in [-0.05, 0) is 31.4 Å². The summed E-state index contributed by atoms with van der Waals surface area (Å²) in [4.78, 5) is 4.49. The predicted octanol–water partition coefficient (Wildman–Crippen LogP) is 3.07. The van der Waals surface area contributed by atoms with Crippen LogP contribution >= 0.6 is 0 Å². The van der Waals surface area contributed by atoms with Crippen molar-refractivity contribution in [2.45, 2.75) is 19.4 Å². The van der Waals surface area contributed by atoms with Crippen molar-refractivity contribution in [3.63, 3.8) is 0 Å². The molecule has 1 aliphatic rings. The van der Waals surface area contributed by atoms with E-state index < -0.39 is 5.60 Å². The lowest BCUT2D eigenvalue weighted by Gasteiger charge is -2.26. The maximum Gasteiger partial charge on any atom is 0.138 e. The van der Waals surface area contributed by atoms with E-state index in [9.17, 15) is 5.11 Å². The molecule has 3 rings (SSSR count). The van der Waals surface area contributed by atoms with Crippen molar-refractivity contribution in [3.8, 4) is 0 Å². The van der Waals surface area contributed by atoms with Crippen molar-refractivity contribution in [2.24, 2.45) is 4.99 Å². The Balaban J connectivity index is 2.30. The summed E-state index contributed by atoms with van der Waals surface area (Å²) in [5.41, 5.74) is 0.953. The van der Waals surface area contributed by atoms with Crippen LogP contribution in [0.1, 0.15) is 13.8 Å². The van der Waals surface area contributed by atoms with Crippen LogP contribution in [0.3, 0.4) is 0 Å². The van der Waals surface area contributed by atoms with Gasteiger partial charge in [0.05, 0.1) is 5.69 Å². The largest absolute Gasteiger partial charge is 0.383 e. The molecule has 0 saturated carbocycles. The Hall–Kier alpha value is -1.87. The van der Waals surface area contributed by atoms with Gasteiger partial charge < -0.3 is 10.4 Å². The highest BCUT2D eigenvalue weighted by Gasteiger charge is 2.25. The van der Waals surface area contributed by atoms with Gasteiger partial charge in [0.15, 0.2) is 0 Å². The summed E-state index contributed by atoms with van der Waals surface area (Å²) in [6, 6.07) is 12.1. The molecule has 3 heteroatoms. The number of rotatable bonds is 1. The molecule has 0 aliphatic carbocycles. The van der Waals surface area contributed by atoms with E-state index >= 15 is 0 Å². The third-order valence-corrected chi connectivity index (χ3v) is 2.95. The minimum atomic E-state index is -0.963. The Morgan fingerprint density at radius 3 is 2.53 bits per heavy atom. The highest BCUT2D eigenvalue weighted by Crippen LogP contribution is 2.36. The lowest BCUT2D eigenvalue weighted by molar-refractivity contribution is 0.154. The first-order chi connectivity index (χ1) is 8.05. The zero-order valence-corrected chi connectivity index (χ0v) is 9.86. The normalized spacial score (nSPS) is 14.4. The Morgan fingerprint density at radius 1 is 1.12 bits per heavy atom. The van der Waals surface area contributed by atoms with Gasteiger partial charge in [-0.15, -0.1) is 0 Å². The lowest BCUT2D eigenvalue weighted by atomic mass is 10.0. The molecular formula is C14H14N2O. The highest BCUT2D eigenvalue weighted by molar-refractivity contribution is 6.15. The fourth-order valence-electron chi connectivity index (χ4n) is 2.08. The Morgan fingerprint density at radius 2 is 1.82 bits per heavy atom. The van der Waals surface area contributed by atoms with E-state index in [1.165, 1.54) is 0 Å². The topological polar surface area (TPSA) is 44.6 Å². The van der Waals surface area contributed by atoms with Crippen LogP contribution in [0.2, 0.25) is 0 Å². The number of hydrogen-bond acceptors (Lipinski definition) is 3. The van der Waals surface area contributed by atoms with Gasteiger partial charge in [-0.1, -0.05) is 24.3 Å². The molecule has 0 saturated heterocycles. The quantitative estimate of drug-likeness (QED) is 0.784. The van der Waals surface area contributed by atoms with E-state index in [-0.39, 0.29) is 0 Å². The van der Waals surface area contributed by atoms with Gasteiger partial charge in [0.1, 0.15) is 11.4 Å². The van der Waals surface area contributed by atoms with Crippen molar-refractivity contribution < 1.29 is 5.11 Å². The van der Waals surface area contributed by atoms with Crippen molar-refractivity contribution in [2.75, 3.05) is 5.32 Å². The van der Waals surface area contributed by atoms with Crippen LogP contribution in [-0.2, 0) is 0 Å². The van der Waals surface area contributed by atoms with Gasteiger partial charge in [0.2, 0.25) is 0 Å². The van der Waals surface area contributed by atoms with E-state index in [1.54, 1.807) is 13.8 Å². The van der Waals surface area contributed by atoms with Crippen LogP contribution in [0.15, 0.2) is 41.4 Å². The average molecular weight is 226 g/mol. The molecule has 86 valence electrons. The second kappa shape index (κ2) is 3.31. The number of anilines is 1. The molecule has 0 fully saturated rings. The third-order valence-electron chi connectivity index (χ3n) is 2.95. The molecule has 0 amide bonds. The second-order valence-electron chi connectivity index (χ2n) is 4.83. The lowest BCUT2D eigenvalue weighted by Crippen LogP contribution is -2.37. The highest BCUT2D eigenvalue weighted by atomic mass is 16.3. The van der Waals surface area contributed by atoms with Crippen molar-refractivity contribution in [1.82, 2.24) is 0 Å². The molecular weight excluding hydrogens is 212 g/mol. The number of nitrogens with zero attached hydrogens (tertiary/aromatic N) is 1. The smallest absolute Gasteiger partial charge is 0.138 e. The van der Waals surface area contributed by atoms with Gasteiger partial charge >= 0.3 is 0 Å². The Bertz CT molecular complexity index is 618. The van der Waals surface area contributed by atoms with Crippen LogP contribution in [0.4, 0.5) is 11.4 Å². The molecule has 0 aromatic heterocycles. The van der Waals surface area contributed by atoms with Gasteiger partial charge in [-0.3, -0.25) is 0 Å². The van der Waals surface area contributed by atoms with Crippen LogP contribution in [0.5, 0.6) is 0 Å². The predicted molar refractivity (Wildman–Crippen MR) is 71.0 cm³/mol. The molecule has 0 bridgehead atoms. The number of aliphatic imine (C=N–C) groups is 1. The fourth-order valence-corrected chi connectivity index (χ4v) is 2.08. The van der Waals surface area contributed by atoms with Crippen LogP contribution in [0.25, 0.3) is 10.8 Å². The van der Waals surface area contributed by atoms with Gasteiger partial charge in [0.25, 0.3) is 0 Å². The summed E-state index contributed by atoms with van der Waals surface area (Å²) in [6.07, 6.45) is 0. The molecule has 0 radical (unpaired) electrons. The van der Waals surface area contributed by atoms with E-state index in [0.717, 1.165) is 22.1 Å². The summed E-state index contributed by atoms with van der Waals surface area (Å²) >= 11 is 0. The molecule has 2 aromatic carbocycles. The van der Waals surface area contributed by atoms with E-state index in [1.807, 2.05) is 24.3 Å². The molecule has 0 unspecified atom stereocenters. The molecule has 0 atom stereocenters. The summed E-state index contributed by atoms with van der Waals surface area (Å²) in [7, 11) is 0. The molecule has 1 heterocycles. The zero-order valence-electron chi connectivity index (χ0n) is 9.86. The summed E-state index contributed by atoms with van der Waals surface area (Å²) in [5, 5.41) is 15.5. The number of benzene rings is 2. The zero-order chi connectivity index (χ0) is 12.0. The molecule has 17 heavy (non-hydrogen) atoms. The number of aliphatic hydroxyl groups is 1. The molecule has 0 spiro atoms. The Kier molecular flexibility index (Phi) is 2.00. The van der Waals surface area contributed by atoms with E-state index in [0.29, 0.717) is 5.84 Å². The third kappa shape index (κ3) is 1.59. The Labute approximate surface area is 99.8 Å². The fraction of sp³-hybridized carbons (Fsp3) is 0.214. The molecule has 1 aliphatic heterocycles. The molecule has 2 N–H and O–H groups in total. The van der Waals surface area contributed by atoms with Gasteiger partial charge in [-0.2, -0.15) is 0 Å². The second-order valence-corrected chi connectivity index (χ2v) is 4.83. The monoisotopic (exact) mass is 226 g/mol. The number of amidine groups is 1. The minimum absolute atomic E-state index is 0.587. The number of hydrogen-bond donors (Lipinski definition) is 2. The maximum absolute atomic E-state index is 10.0. The number of nitrogens with one attached hydrogen (secondary N) is 1. The maximum atomic E-state index is 10.0. The van der Waals surface area contributed by atoms with Crippen molar-refractivity contribution in [3.05, 3.63) is 36.4 Å². The van der Waals surface area contributed by atoms with Crippen LogP contribution in [-0.4, -0.2) is 16.5 Å². The summed E-state index contributed by atoms with van der Waals surface area (Å²) < 4.78 is 0. The first-order valence-corrected chi connectivity index (χ1v) is 5.66. The van der Waals surface area contributed by atoms with E-state index in [4.69, 9.17) is 0 Å². The molecule has 3 nitrogen and oxygen atoms in total. The standard InChI is InChI=1S/C14H14N2O/c1-14(2,17)13-15-10-7-3-5-9-6-4-8-11(16-13)12(9)10/h3-8,17H,1-2H3,(H,15,16). The van der Waals surface area contributed by atoms with Crippen LogP contribution in [0, 0.1) is 0 Å². The minimum Gasteiger partial charge on any atom is -0.383 e. The van der Waals surface area contributed by atoms with Crippen molar-refractivity contribution in [1.29, 1.82) is 0 Å². The first kappa shape index (κ1) is 10.3. The van der Waals surface area contributed by atoms with Gasteiger partial charge in [0, 0.05) is 11.1 Å². The summed E-state index contributed by atoms with van der Waals surface area (Å²) in [5.74, 6) is 0.587. The summed E-state index contributed by atoms with van der Waals surface area (Å²) in [6.45, 7) is 3.46. The SMILES string of the molecule is CC(C)(O)C1=Nc2cccc3cccc(c23)N1. The van der Waals surface area contributed by atoms with Crippen LogP contribution < -0.4 is 5.32 Å². The van der Waals surface area contributed by atoms with Gasteiger partial charge in [-0.25, -0.2) is 4.99 Å².